The summed E-state index contributed by atoms with van der Waals surface area (Å²) < 4.78 is 21.2. The topological polar surface area (TPSA) is 26.3 Å². The average Bonchev–Trinajstić information content (AvgIpc) is 2.47. The summed E-state index contributed by atoms with van der Waals surface area (Å²) in [5.74, 6) is 3.01. The Labute approximate surface area is 151 Å². The highest BCUT2D eigenvalue weighted by molar-refractivity contribution is 6.84. The molecule has 0 fully saturated rings. The van der Waals surface area contributed by atoms with Gasteiger partial charge in [-0.25, -0.2) is 0 Å². The molecular weight excluding hydrogens is 328 g/mol. The van der Waals surface area contributed by atoms with E-state index in [9.17, 15) is 4.79 Å². The highest BCUT2D eigenvalue weighted by Crippen LogP contribution is 2.22. The SMILES string of the molecule is [2H]C([2H])C(=C=C(OC(C)=O)c1ccccc1C#C[Si](C)(C)C)[Si](C)(C)C. The van der Waals surface area contributed by atoms with Crippen molar-refractivity contribution in [1.29, 1.82) is 0 Å². The Kier molecular flexibility index (Phi) is 5.57. The van der Waals surface area contributed by atoms with Crippen LogP contribution in [0.15, 0.2) is 35.2 Å². The molecule has 0 saturated heterocycles. The minimum atomic E-state index is -1.97. The van der Waals surface area contributed by atoms with Crippen molar-refractivity contribution in [3.8, 4) is 11.5 Å². The molecule has 4 heteroatoms. The van der Waals surface area contributed by atoms with Crippen LogP contribution in [0.1, 0.15) is 27.7 Å². The Morgan fingerprint density at radius 2 is 1.75 bits per heavy atom. The summed E-state index contributed by atoms with van der Waals surface area (Å²) in [6.45, 7) is 12.8. The van der Waals surface area contributed by atoms with Crippen LogP contribution in [0.3, 0.4) is 0 Å². The van der Waals surface area contributed by atoms with Gasteiger partial charge in [0, 0.05) is 20.8 Å². The van der Waals surface area contributed by atoms with Gasteiger partial charge >= 0.3 is 5.97 Å². The van der Waals surface area contributed by atoms with E-state index in [-0.39, 0.29) is 5.76 Å². The van der Waals surface area contributed by atoms with E-state index in [4.69, 9.17) is 7.48 Å². The second-order valence-corrected chi connectivity index (χ2v) is 17.5. The Bertz CT molecular complexity index is 798. The van der Waals surface area contributed by atoms with Crippen LogP contribution in [0.25, 0.3) is 5.76 Å². The molecule has 0 aliphatic carbocycles. The van der Waals surface area contributed by atoms with Crippen molar-refractivity contribution in [2.45, 2.75) is 53.1 Å². The van der Waals surface area contributed by atoms with Gasteiger partial charge < -0.3 is 4.74 Å². The third kappa shape index (κ3) is 6.76. The van der Waals surface area contributed by atoms with E-state index in [1.54, 1.807) is 0 Å². The normalized spacial score (nSPS) is 12.3. The predicted octanol–water partition coefficient (Wildman–Crippen LogP) is 5.24. The quantitative estimate of drug-likeness (QED) is 0.243. The van der Waals surface area contributed by atoms with Crippen LogP contribution in [-0.2, 0) is 9.53 Å². The first-order chi connectivity index (χ1) is 11.8. The van der Waals surface area contributed by atoms with Gasteiger partial charge in [-0.15, -0.1) is 5.54 Å². The second kappa shape index (κ2) is 7.85. The van der Waals surface area contributed by atoms with E-state index < -0.39 is 29.0 Å². The minimum absolute atomic E-state index is 0.250. The van der Waals surface area contributed by atoms with Gasteiger partial charge in [-0.1, -0.05) is 63.1 Å². The van der Waals surface area contributed by atoms with E-state index in [1.165, 1.54) is 6.92 Å². The molecule has 1 rings (SSSR count). The summed E-state index contributed by atoms with van der Waals surface area (Å²) in [6.07, 6.45) is 0. The first kappa shape index (κ1) is 17.0. The van der Waals surface area contributed by atoms with Crippen LogP contribution in [-0.4, -0.2) is 22.1 Å². The lowest BCUT2D eigenvalue weighted by Crippen LogP contribution is -2.21. The van der Waals surface area contributed by atoms with Crippen LogP contribution < -0.4 is 0 Å². The van der Waals surface area contributed by atoms with Gasteiger partial charge in [0.25, 0.3) is 0 Å². The molecule has 0 radical (unpaired) electrons. The fourth-order valence-corrected chi connectivity index (χ4v) is 2.64. The highest BCUT2D eigenvalue weighted by Gasteiger charge is 2.17. The van der Waals surface area contributed by atoms with Crippen molar-refractivity contribution in [3.05, 3.63) is 46.3 Å². The smallest absolute Gasteiger partial charge is 0.308 e. The van der Waals surface area contributed by atoms with Crippen molar-refractivity contribution < 1.29 is 12.3 Å². The molecule has 0 unspecified atom stereocenters. The number of carbonyl (C=O) groups is 1. The third-order valence-corrected chi connectivity index (χ3v) is 5.66. The Hall–Kier alpha value is -1.80. The number of allylic oxidation sites excluding steroid dienone is 1. The molecule has 0 saturated carbocycles. The zero-order valence-electron chi connectivity index (χ0n) is 17.7. The molecule has 0 spiro atoms. The van der Waals surface area contributed by atoms with E-state index in [0.29, 0.717) is 10.8 Å². The summed E-state index contributed by atoms with van der Waals surface area (Å²) in [6, 6.07) is 7.47. The molecule has 0 aliphatic rings. The number of hydrogen-bond donors (Lipinski definition) is 0. The predicted molar refractivity (Wildman–Crippen MR) is 108 cm³/mol. The molecule has 0 heterocycles. The largest absolute Gasteiger partial charge is 0.417 e. The Morgan fingerprint density at radius 3 is 2.25 bits per heavy atom. The molecule has 0 N–H and O–H groups in total. The molecule has 0 atom stereocenters. The van der Waals surface area contributed by atoms with Crippen LogP contribution in [0, 0.1) is 11.5 Å². The van der Waals surface area contributed by atoms with Gasteiger partial charge in [-0.2, -0.15) is 0 Å². The summed E-state index contributed by atoms with van der Waals surface area (Å²) in [7, 11) is -3.54. The first-order valence-corrected chi connectivity index (χ1v) is 15.0. The van der Waals surface area contributed by atoms with Crippen molar-refractivity contribution in [3.63, 3.8) is 0 Å². The number of rotatable bonds is 3. The summed E-state index contributed by atoms with van der Waals surface area (Å²) in [5.41, 5.74) is 7.86. The average molecular weight is 359 g/mol. The van der Waals surface area contributed by atoms with Crippen molar-refractivity contribution in [2.75, 3.05) is 0 Å². The number of hydrogen-bond acceptors (Lipinski definition) is 2. The standard InChI is InChI=1S/C20H28O2Si2/c1-16(24(6,7)8)15-20(22-17(2)21)19-12-10-9-11-18(19)13-14-23(3,4)5/h9-12H,1-8H3/i1D2. The van der Waals surface area contributed by atoms with Gasteiger partial charge in [0.15, 0.2) is 5.76 Å². The molecule has 1 aromatic rings. The van der Waals surface area contributed by atoms with Crippen molar-refractivity contribution >= 4 is 27.9 Å². The third-order valence-electron chi connectivity index (χ3n) is 3.05. The van der Waals surface area contributed by atoms with Gasteiger partial charge in [-0.3, -0.25) is 4.79 Å². The molecule has 0 bridgehead atoms. The molecule has 0 amide bonds. The lowest BCUT2D eigenvalue weighted by molar-refractivity contribution is -0.134. The summed E-state index contributed by atoms with van der Waals surface area (Å²) in [4.78, 5) is 11.7. The van der Waals surface area contributed by atoms with E-state index in [2.05, 4.69) is 36.8 Å². The maximum absolute atomic E-state index is 11.7. The Morgan fingerprint density at radius 1 is 1.12 bits per heavy atom. The zero-order chi connectivity index (χ0) is 20.1. The van der Waals surface area contributed by atoms with Gasteiger partial charge in [-0.05, 0) is 24.2 Å². The fraction of sp³-hybridized carbons (Fsp3) is 0.400. The lowest BCUT2D eigenvalue weighted by Gasteiger charge is -2.15. The van der Waals surface area contributed by atoms with Gasteiger partial charge in [0.05, 0.1) is 8.07 Å². The van der Waals surface area contributed by atoms with Crippen molar-refractivity contribution in [2.24, 2.45) is 0 Å². The molecule has 24 heavy (non-hydrogen) atoms. The first-order valence-electron chi connectivity index (χ1n) is 9.13. The molecule has 128 valence electrons. The maximum Gasteiger partial charge on any atom is 0.308 e. The van der Waals surface area contributed by atoms with Gasteiger partial charge in [0.2, 0.25) is 0 Å². The van der Waals surface area contributed by atoms with Crippen LogP contribution in [0.2, 0.25) is 39.3 Å². The zero-order valence-corrected chi connectivity index (χ0v) is 17.7. The number of carbonyl (C=O) groups excluding carboxylic acids is 1. The van der Waals surface area contributed by atoms with E-state index in [0.717, 1.165) is 5.56 Å². The number of ether oxygens (including phenoxy) is 1. The maximum atomic E-state index is 11.7. The monoisotopic (exact) mass is 358 g/mol. The van der Waals surface area contributed by atoms with Crippen LogP contribution >= 0.6 is 0 Å². The number of esters is 1. The highest BCUT2D eigenvalue weighted by atomic mass is 28.3. The number of benzene rings is 1. The minimum Gasteiger partial charge on any atom is -0.417 e. The van der Waals surface area contributed by atoms with Gasteiger partial charge in [0.1, 0.15) is 8.07 Å². The summed E-state index contributed by atoms with van der Waals surface area (Å²) >= 11 is 0. The van der Waals surface area contributed by atoms with Crippen LogP contribution in [0.4, 0.5) is 0 Å². The Balaban J connectivity index is 3.75. The molecule has 1 aromatic carbocycles. The summed E-state index contributed by atoms with van der Waals surface area (Å²) in [5, 5.41) is 0.585. The second-order valence-electron chi connectivity index (χ2n) is 7.76. The van der Waals surface area contributed by atoms with Crippen LogP contribution in [0.5, 0.6) is 0 Å². The molecular formula is C20H28O2Si2. The molecule has 2 nitrogen and oxygen atoms in total. The molecule has 0 aromatic heterocycles. The van der Waals surface area contributed by atoms with E-state index in [1.807, 2.05) is 43.9 Å². The van der Waals surface area contributed by atoms with E-state index >= 15 is 0 Å². The molecule has 0 aliphatic heterocycles. The fourth-order valence-electron chi connectivity index (χ4n) is 1.65. The lowest BCUT2D eigenvalue weighted by atomic mass is 10.1. The van der Waals surface area contributed by atoms with Crippen molar-refractivity contribution in [1.82, 2.24) is 0 Å².